The normalized spacial score (nSPS) is 11.7. The highest BCUT2D eigenvalue weighted by Gasteiger charge is 2.14. The zero-order chi connectivity index (χ0) is 23.9. The minimum Gasteiger partial charge on any atom is -0.493 e. The van der Waals surface area contributed by atoms with Crippen LogP contribution in [-0.4, -0.2) is 41.6 Å². The van der Waals surface area contributed by atoms with Gasteiger partial charge < -0.3 is 29.2 Å². The molecule has 0 unspecified atom stereocenters. The highest BCUT2D eigenvalue weighted by Crippen LogP contribution is 2.32. The van der Waals surface area contributed by atoms with E-state index in [-0.39, 0.29) is 37.1 Å². The number of amides is 1. The van der Waals surface area contributed by atoms with Gasteiger partial charge in [0.25, 0.3) is 5.56 Å². The van der Waals surface area contributed by atoms with E-state index in [1.165, 1.54) is 7.11 Å². The van der Waals surface area contributed by atoms with E-state index >= 15 is 0 Å². The van der Waals surface area contributed by atoms with Crippen LogP contribution in [0.1, 0.15) is 17.7 Å². The molecule has 0 spiro atoms. The third kappa shape index (κ3) is 5.34. The Balaban J connectivity index is 1.34. The van der Waals surface area contributed by atoms with Crippen molar-refractivity contribution in [3.63, 3.8) is 0 Å². The molecule has 176 valence electrons. The van der Waals surface area contributed by atoms with Crippen molar-refractivity contribution in [2.75, 3.05) is 20.5 Å². The number of nitrogens with one attached hydrogen (secondary N) is 2. The van der Waals surface area contributed by atoms with Crippen LogP contribution in [0.5, 0.6) is 23.0 Å². The van der Waals surface area contributed by atoms with Gasteiger partial charge in [-0.2, -0.15) is 0 Å². The van der Waals surface area contributed by atoms with E-state index in [0.717, 1.165) is 5.56 Å². The van der Waals surface area contributed by atoms with Gasteiger partial charge in [-0.15, -0.1) is 10.2 Å². The van der Waals surface area contributed by atoms with Gasteiger partial charge in [0.15, 0.2) is 28.8 Å². The van der Waals surface area contributed by atoms with E-state index in [4.69, 9.17) is 18.9 Å². The summed E-state index contributed by atoms with van der Waals surface area (Å²) < 4.78 is 21.5. The van der Waals surface area contributed by atoms with Crippen LogP contribution in [0.25, 0.3) is 11.4 Å². The monoisotopic (exact) mass is 464 g/mol. The SMILES string of the molecule is C=CCOc1ccc(-c2nnc(CCC(=O)NCc3ccc4c(c3)OCO4)c(=O)[nH]2)cc1OC. The smallest absolute Gasteiger partial charge is 0.273 e. The van der Waals surface area contributed by atoms with Crippen LogP contribution >= 0.6 is 0 Å². The number of H-pyrrole nitrogens is 1. The van der Waals surface area contributed by atoms with Crippen LogP contribution in [0, 0.1) is 0 Å². The second kappa shape index (κ2) is 10.5. The van der Waals surface area contributed by atoms with Crippen molar-refractivity contribution in [2.45, 2.75) is 19.4 Å². The number of hydrogen-bond acceptors (Lipinski definition) is 8. The fourth-order valence-electron chi connectivity index (χ4n) is 3.31. The summed E-state index contributed by atoms with van der Waals surface area (Å²) in [5, 5.41) is 11.0. The molecule has 2 heterocycles. The Labute approximate surface area is 195 Å². The molecule has 1 amide bonds. The molecule has 10 heteroatoms. The van der Waals surface area contributed by atoms with E-state index in [1.807, 2.05) is 12.1 Å². The van der Waals surface area contributed by atoms with Gasteiger partial charge in [0.05, 0.1) is 7.11 Å². The lowest BCUT2D eigenvalue weighted by Gasteiger charge is -2.10. The predicted molar refractivity (Wildman–Crippen MR) is 123 cm³/mol. The number of nitrogens with zero attached hydrogens (tertiary/aromatic N) is 2. The van der Waals surface area contributed by atoms with Gasteiger partial charge in [0.2, 0.25) is 12.7 Å². The molecule has 10 nitrogen and oxygen atoms in total. The first kappa shape index (κ1) is 22.8. The Morgan fingerprint density at radius 3 is 2.82 bits per heavy atom. The summed E-state index contributed by atoms with van der Waals surface area (Å²) in [6.07, 6.45) is 1.89. The van der Waals surface area contributed by atoms with Crippen LogP contribution in [0.4, 0.5) is 0 Å². The molecule has 34 heavy (non-hydrogen) atoms. The second-order valence-electron chi connectivity index (χ2n) is 7.38. The summed E-state index contributed by atoms with van der Waals surface area (Å²) in [7, 11) is 1.52. The zero-order valence-corrected chi connectivity index (χ0v) is 18.6. The molecule has 2 N–H and O–H groups in total. The summed E-state index contributed by atoms with van der Waals surface area (Å²) in [4.78, 5) is 27.4. The lowest BCUT2D eigenvalue weighted by Crippen LogP contribution is -2.25. The molecule has 1 aliphatic rings. The Morgan fingerprint density at radius 1 is 1.18 bits per heavy atom. The lowest BCUT2D eigenvalue weighted by molar-refractivity contribution is -0.121. The summed E-state index contributed by atoms with van der Waals surface area (Å²) in [6.45, 7) is 4.49. The Morgan fingerprint density at radius 2 is 2.03 bits per heavy atom. The number of hydrogen-bond donors (Lipinski definition) is 2. The number of carbonyl (C=O) groups is 1. The molecule has 4 rings (SSSR count). The van der Waals surface area contributed by atoms with Crippen molar-refractivity contribution in [1.82, 2.24) is 20.5 Å². The molecule has 0 bridgehead atoms. The molecule has 1 aromatic heterocycles. The standard InChI is InChI=1S/C24H24N4O6/c1-3-10-32-18-8-5-16(12-20(18)31-2)23-26-24(30)17(27-28-23)6-9-22(29)25-13-15-4-7-19-21(11-15)34-14-33-19/h3-5,7-8,11-12H,1,6,9-10,13-14H2,2H3,(H,25,29)(H,26,28,30). The fourth-order valence-corrected chi connectivity index (χ4v) is 3.31. The molecular weight excluding hydrogens is 440 g/mol. The first-order valence-corrected chi connectivity index (χ1v) is 10.6. The number of aromatic nitrogens is 3. The highest BCUT2D eigenvalue weighted by molar-refractivity contribution is 5.76. The van der Waals surface area contributed by atoms with Crippen molar-refractivity contribution in [1.29, 1.82) is 0 Å². The maximum atomic E-state index is 12.5. The fraction of sp³-hybridized carbons (Fsp3) is 0.250. The number of benzene rings is 2. The van der Waals surface area contributed by atoms with Crippen molar-refractivity contribution in [3.05, 3.63) is 70.7 Å². The summed E-state index contributed by atoms with van der Waals surface area (Å²) >= 11 is 0. The molecule has 0 fully saturated rings. The molecule has 0 atom stereocenters. The van der Waals surface area contributed by atoms with E-state index in [1.54, 1.807) is 30.3 Å². The molecule has 1 aliphatic heterocycles. The number of rotatable bonds is 10. The summed E-state index contributed by atoms with van der Waals surface area (Å²) in [6, 6.07) is 10.6. The number of carbonyl (C=O) groups excluding carboxylic acids is 1. The Hall–Kier alpha value is -4.34. The first-order chi connectivity index (χ1) is 16.6. The van der Waals surface area contributed by atoms with Crippen LogP contribution in [-0.2, 0) is 17.8 Å². The van der Waals surface area contributed by atoms with Crippen LogP contribution in [0.15, 0.2) is 53.8 Å². The van der Waals surface area contributed by atoms with E-state index < -0.39 is 5.56 Å². The van der Waals surface area contributed by atoms with E-state index in [2.05, 4.69) is 27.1 Å². The van der Waals surface area contributed by atoms with Crippen molar-refractivity contribution < 1.29 is 23.7 Å². The van der Waals surface area contributed by atoms with E-state index in [0.29, 0.717) is 41.7 Å². The largest absolute Gasteiger partial charge is 0.493 e. The average Bonchev–Trinajstić information content (AvgIpc) is 3.33. The molecule has 3 aromatic rings. The number of methoxy groups -OCH3 is 1. The Bertz CT molecular complexity index is 1260. The van der Waals surface area contributed by atoms with Gasteiger partial charge in [-0.25, -0.2) is 0 Å². The molecule has 0 saturated carbocycles. The third-order valence-electron chi connectivity index (χ3n) is 5.07. The first-order valence-electron chi connectivity index (χ1n) is 10.6. The van der Waals surface area contributed by atoms with Crippen LogP contribution in [0.3, 0.4) is 0 Å². The van der Waals surface area contributed by atoms with Crippen molar-refractivity contribution in [3.8, 4) is 34.4 Å². The zero-order valence-electron chi connectivity index (χ0n) is 18.6. The van der Waals surface area contributed by atoms with Gasteiger partial charge in [-0.1, -0.05) is 18.7 Å². The number of aryl methyl sites for hydroxylation is 1. The average molecular weight is 464 g/mol. The van der Waals surface area contributed by atoms with Gasteiger partial charge in [-0.05, 0) is 35.9 Å². The summed E-state index contributed by atoms with van der Waals surface area (Å²) in [5.41, 5.74) is 1.27. The van der Waals surface area contributed by atoms with Crippen molar-refractivity contribution in [2.24, 2.45) is 0 Å². The van der Waals surface area contributed by atoms with Crippen LogP contribution in [0.2, 0.25) is 0 Å². The second-order valence-corrected chi connectivity index (χ2v) is 7.38. The van der Waals surface area contributed by atoms with Gasteiger partial charge in [0, 0.05) is 24.9 Å². The summed E-state index contributed by atoms with van der Waals surface area (Å²) in [5.74, 6) is 2.46. The van der Waals surface area contributed by atoms with Gasteiger partial charge in [0.1, 0.15) is 12.3 Å². The molecule has 0 saturated heterocycles. The molecule has 0 aliphatic carbocycles. The maximum Gasteiger partial charge on any atom is 0.273 e. The van der Waals surface area contributed by atoms with E-state index in [9.17, 15) is 9.59 Å². The van der Waals surface area contributed by atoms with Gasteiger partial charge in [-0.3, -0.25) is 9.59 Å². The minimum absolute atomic E-state index is 0.102. The topological polar surface area (TPSA) is 125 Å². The third-order valence-corrected chi connectivity index (χ3v) is 5.07. The van der Waals surface area contributed by atoms with Crippen molar-refractivity contribution >= 4 is 5.91 Å². The number of ether oxygens (including phenoxy) is 4. The van der Waals surface area contributed by atoms with Gasteiger partial charge >= 0.3 is 0 Å². The number of aromatic amines is 1. The number of fused-ring (bicyclic) bond motifs is 1. The molecule has 0 radical (unpaired) electrons. The quantitative estimate of drug-likeness (QED) is 0.438. The Kier molecular flexibility index (Phi) is 7.07. The lowest BCUT2D eigenvalue weighted by atomic mass is 10.2. The maximum absolute atomic E-state index is 12.5. The molecular formula is C24H24N4O6. The minimum atomic E-state index is -0.403. The van der Waals surface area contributed by atoms with Crippen LogP contribution < -0.4 is 29.8 Å². The predicted octanol–water partition coefficient (Wildman–Crippen LogP) is 2.38. The molecule has 2 aromatic carbocycles. The highest BCUT2D eigenvalue weighted by atomic mass is 16.7.